The number of thiophene rings is 1. The molecule has 16 heavy (non-hydrogen) atoms. The number of rotatable bonds is 3. The van der Waals surface area contributed by atoms with Gasteiger partial charge in [-0.25, -0.2) is 0 Å². The molecule has 0 aromatic carbocycles. The third-order valence-corrected chi connectivity index (χ3v) is 3.87. The molecule has 0 spiro atoms. The molecule has 0 saturated carbocycles. The molecule has 1 aromatic heterocycles. The third-order valence-electron chi connectivity index (χ3n) is 2.79. The Bertz CT molecular complexity index is 371. The van der Waals surface area contributed by atoms with Crippen LogP contribution in [-0.4, -0.2) is 42.3 Å². The molecule has 2 rings (SSSR count). The van der Waals surface area contributed by atoms with E-state index in [-0.39, 0.29) is 0 Å². The topological polar surface area (TPSA) is 49.8 Å². The van der Waals surface area contributed by atoms with E-state index < -0.39 is 12.0 Å². The maximum Gasteiger partial charge on any atom is 0.326 e. The van der Waals surface area contributed by atoms with Gasteiger partial charge in [-0.3, -0.25) is 9.69 Å². The molecule has 4 nitrogen and oxygen atoms in total. The third kappa shape index (κ3) is 2.26. The van der Waals surface area contributed by atoms with Crippen molar-refractivity contribution in [1.82, 2.24) is 4.90 Å². The molecule has 1 fully saturated rings. The second-order valence-electron chi connectivity index (χ2n) is 3.86. The molecule has 2 heterocycles. The Morgan fingerprint density at radius 1 is 1.56 bits per heavy atom. The van der Waals surface area contributed by atoms with Gasteiger partial charge in [0.05, 0.1) is 13.2 Å². The zero-order valence-electron chi connectivity index (χ0n) is 9.18. The molecule has 1 aliphatic heterocycles. The van der Waals surface area contributed by atoms with Gasteiger partial charge in [0, 0.05) is 18.0 Å². The molecular formula is C11H15NO3S. The second-order valence-corrected chi connectivity index (χ2v) is 4.80. The van der Waals surface area contributed by atoms with E-state index in [1.54, 1.807) is 0 Å². The smallest absolute Gasteiger partial charge is 0.326 e. The van der Waals surface area contributed by atoms with Gasteiger partial charge >= 0.3 is 5.97 Å². The van der Waals surface area contributed by atoms with Gasteiger partial charge < -0.3 is 9.84 Å². The van der Waals surface area contributed by atoms with Crippen LogP contribution in [-0.2, 0) is 9.53 Å². The number of carboxylic acids is 1. The molecule has 1 aromatic rings. The molecule has 1 atom stereocenters. The number of aryl methyl sites for hydroxylation is 1. The number of nitrogens with zero attached hydrogens (tertiary/aromatic N) is 1. The summed E-state index contributed by atoms with van der Waals surface area (Å²) in [5, 5.41) is 11.3. The Morgan fingerprint density at radius 2 is 2.25 bits per heavy atom. The molecular weight excluding hydrogens is 226 g/mol. The quantitative estimate of drug-likeness (QED) is 0.871. The summed E-state index contributed by atoms with van der Waals surface area (Å²) >= 11 is 1.52. The zero-order chi connectivity index (χ0) is 11.5. The standard InChI is InChI=1S/C11H15NO3S/c1-8-2-7-16-10(8)9(11(13)14)12-3-5-15-6-4-12/h2,7,9H,3-6H2,1H3,(H,13,14). The van der Waals surface area contributed by atoms with Gasteiger partial charge in [0.15, 0.2) is 0 Å². The second kappa shape index (κ2) is 4.95. The van der Waals surface area contributed by atoms with Crippen LogP contribution in [0.5, 0.6) is 0 Å². The highest BCUT2D eigenvalue weighted by molar-refractivity contribution is 7.10. The first-order chi connectivity index (χ1) is 7.70. The van der Waals surface area contributed by atoms with Gasteiger partial charge in [0.25, 0.3) is 0 Å². The SMILES string of the molecule is Cc1ccsc1C(C(=O)O)N1CCOCC1. The monoisotopic (exact) mass is 241 g/mol. The summed E-state index contributed by atoms with van der Waals surface area (Å²) in [7, 11) is 0. The van der Waals surface area contributed by atoms with E-state index in [0.29, 0.717) is 26.3 Å². The molecule has 0 radical (unpaired) electrons. The average Bonchev–Trinajstić information content (AvgIpc) is 2.66. The Kier molecular flexibility index (Phi) is 3.58. The fourth-order valence-electron chi connectivity index (χ4n) is 1.93. The Labute approximate surface area is 98.4 Å². The molecule has 5 heteroatoms. The van der Waals surface area contributed by atoms with Crippen LogP contribution in [0.2, 0.25) is 0 Å². The largest absolute Gasteiger partial charge is 0.480 e. The first kappa shape index (κ1) is 11.6. The molecule has 1 N–H and O–H groups in total. The minimum Gasteiger partial charge on any atom is -0.480 e. The first-order valence-electron chi connectivity index (χ1n) is 5.28. The van der Waals surface area contributed by atoms with Crippen molar-refractivity contribution in [2.24, 2.45) is 0 Å². The van der Waals surface area contributed by atoms with E-state index in [4.69, 9.17) is 4.74 Å². The summed E-state index contributed by atoms with van der Waals surface area (Å²) < 4.78 is 5.25. The number of carboxylic acid groups (broad SMARTS) is 1. The molecule has 0 aliphatic carbocycles. The molecule has 0 bridgehead atoms. The van der Waals surface area contributed by atoms with E-state index in [1.165, 1.54) is 11.3 Å². The zero-order valence-corrected chi connectivity index (χ0v) is 10.00. The van der Waals surface area contributed by atoms with Gasteiger partial charge in [-0.2, -0.15) is 0 Å². The predicted molar refractivity (Wildman–Crippen MR) is 61.8 cm³/mol. The Hall–Kier alpha value is -0.910. The fraction of sp³-hybridized carbons (Fsp3) is 0.545. The van der Waals surface area contributed by atoms with Crippen LogP contribution in [0.3, 0.4) is 0 Å². The lowest BCUT2D eigenvalue weighted by Crippen LogP contribution is -2.42. The Morgan fingerprint density at radius 3 is 2.75 bits per heavy atom. The van der Waals surface area contributed by atoms with Gasteiger partial charge in [-0.1, -0.05) is 0 Å². The summed E-state index contributed by atoms with van der Waals surface area (Å²) in [4.78, 5) is 14.3. The summed E-state index contributed by atoms with van der Waals surface area (Å²) in [5.41, 5.74) is 1.06. The van der Waals surface area contributed by atoms with Crippen LogP contribution >= 0.6 is 11.3 Å². The van der Waals surface area contributed by atoms with Crippen molar-refractivity contribution in [2.45, 2.75) is 13.0 Å². The van der Waals surface area contributed by atoms with Crippen LogP contribution in [0.1, 0.15) is 16.5 Å². The molecule has 1 aliphatic rings. The molecule has 88 valence electrons. The number of aliphatic carboxylic acids is 1. The number of ether oxygens (including phenoxy) is 1. The van der Waals surface area contributed by atoms with E-state index in [2.05, 4.69) is 0 Å². The first-order valence-corrected chi connectivity index (χ1v) is 6.16. The van der Waals surface area contributed by atoms with E-state index in [1.807, 2.05) is 23.3 Å². The van der Waals surface area contributed by atoms with Crippen molar-refractivity contribution in [2.75, 3.05) is 26.3 Å². The van der Waals surface area contributed by atoms with Crippen molar-refractivity contribution in [3.05, 3.63) is 21.9 Å². The van der Waals surface area contributed by atoms with Crippen molar-refractivity contribution in [3.8, 4) is 0 Å². The van der Waals surface area contributed by atoms with Crippen molar-refractivity contribution < 1.29 is 14.6 Å². The molecule has 0 amide bonds. The van der Waals surface area contributed by atoms with Crippen LogP contribution in [0, 0.1) is 6.92 Å². The van der Waals surface area contributed by atoms with Gasteiger partial charge in [0.1, 0.15) is 6.04 Å². The van der Waals surface area contributed by atoms with Crippen molar-refractivity contribution >= 4 is 17.3 Å². The van der Waals surface area contributed by atoms with Gasteiger partial charge in [0.2, 0.25) is 0 Å². The number of hydrogen-bond donors (Lipinski definition) is 1. The number of carbonyl (C=O) groups is 1. The van der Waals surface area contributed by atoms with Crippen LogP contribution < -0.4 is 0 Å². The van der Waals surface area contributed by atoms with Crippen LogP contribution in [0.15, 0.2) is 11.4 Å². The van der Waals surface area contributed by atoms with Crippen molar-refractivity contribution in [1.29, 1.82) is 0 Å². The predicted octanol–water partition coefficient (Wildman–Crippen LogP) is 1.51. The molecule has 1 unspecified atom stereocenters. The molecule has 1 saturated heterocycles. The Balaban J connectivity index is 2.23. The highest BCUT2D eigenvalue weighted by Crippen LogP contribution is 2.29. The summed E-state index contributed by atoms with van der Waals surface area (Å²) in [6, 6.07) is 1.46. The highest BCUT2D eigenvalue weighted by Gasteiger charge is 2.30. The summed E-state index contributed by atoms with van der Waals surface area (Å²) in [6.45, 7) is 4.58. The van der Waals surface area contributed by atoms with Crippen LogP contribution in [0.4, 0.5) is 0 Å². The average molecular weight is 241 g/mol. The summed E-state index contributed by atoms with van der Waals surface area (Å²) in [5.74, 6) is -0.771. The lowest BCUT2D eigenvalue weighted by atomic mass is 10.1. The van der Waals surface area contributed by atoms with E-state index in [9.17, 15) is 9.90 Å². The lowest BCUT2D eigenvalue weighted by Gasteiger charge is -2.31. The van der Waals surface area contributed by atoms with E-state index in [0.717, 1.165) is 10.4 Å². The maximum absolute atomic E-state index is 11.4. The van der Waals surface area contributed by atoms with E-state index >= 15 is 0 Å². The van der Waals surface area contributed by atoms with Gasteiger partial charge in [-0.05, 0) is 23.9 Å². The van der Waals surface area contributed by atoms with Gasteiger partial charge in [-0.15, -0.1) is 11.3 Å². The van der Waals surface area contributed by atoms with Crippen molar-refractivity contribution in [3.63, 3.8) is 0 Å². The maximum atomic E-state index is 11.4. The van der Waals surface area contributed by atoms with Crippen LogP contribution in [0.25, 0.3) is 0 Å². The fourth-order valence-corrected chi connectivity index (χ4v) is 2.99. The highest BCUT2D eigenvalue weighted by atomic mass is 32.1. The minimum absolute atomic E-state index is 0.510. The number of morpholine rings is 1. The normalized spacial score (nSPS) is 19.6. The number of hydrogen-bond acceptors (Lipinski definition) is 4. The minimum atomic E-state index is -0.771. The lowest BCUT2D eigenvalue weighted by molar-refractivity contribution is -0.145. The summed E-state index contributed by atoms with van der Waals surface area (Å²) in [6.07, 6.45) is 0.